The fraction of sp³-hybridized carbons (Fsp3) is 0.346. The number of guanidine groups is 1. The number of amides is 3. The van der Waals surface area contributed by atoms with Gasteiger partial charge in [-0.2, -0.15) is 0 Å². The summed E-state index contributed by atoms with van der Waals surface area (Å²) in [6.45, 7) is -0.447. The molecule has 0 fully saturated rings. The van der Waals surface area contributed by atoms with Crippen molar-refractivity contribution in [3.05, 3.63) is 65.7 Å². The molecule has 0 aromatic heterocycles. The number of aromatic hydroxyl groups is 1. The fourth-order valence-electron chi connectivity index (χ4n) is 3.43. The minimum atomic E-state index is -1.11. The van der Waals surface area contributed by atoms with Crippen LogP contribution in [0.15, 0.2) is 59.6 Å². The van der Waals surface area contributed by atoms with Crippen LogP contribution in [0, 0.1) is 0 Å². The lowest BCUT2D eigenvalue weighted by molar-refractivity contribution is -0.149. The third kappa shape index (κ3) is 12.0. The maximum Gasteiger partial charge on any atom is 0.328 e. The molecule has 210 valence electrons. The van der Waals surface area contributed by atoms with Crippen LogP contribution in [0.4, 0.5) is 0 Å². The van der Waals surface area contributed by atoms with Gasteiger partial charge in [0.2, 0.25) is 17.7 Å². The standard InChI is InChI=1S/C26H35N7O6/c27-14-22(35)31-15-23(36)32-21(13-17-8-10-19(34)11-9-17)24(37)33-20(7-4-12-30-26(28)29)25(38)39-16-18-5-2-1-3-6-18/h1-3,5-6,8-11,20-21,34H,4,7,12-16,27H2,(H,31,35)(H,32,36)(H,33,37)(H4,28,29,30)/t20-,21-/m0/s1. The first kappa shape index (κ1) is 30.6. The van der Waals surface area contributed by atoms with Crippen molar-refractivity contribution in [1.82, 2.24) is 16.0 Å². The number of nitrogens with zero attached hydrogens (tertiary/aromatic N) is 1. The van der Waals surface area contributed by atoms with Gasteiger partial charge in [-0.05, 0) is 36.1 Å². The average Bonchev–Trinajstić information content (AvgIpc) is 2.93. The summed E-state index contributed by atoms with van der Waals surface area (Å²) in [5, 5.41) is 17.1. The lowest BCUT2D eigenvalue weighted by Crippen LogP contribution is -2.54. The molecule has 0 aliphatic carbocycles. The second-order valence-corrected chi connectivity index (χ2v) is 8.57. The molecule has 2 atom stereocenters. The van der Waals surface area contributed by atoms with Crippen LogP contribution in [0.2, 0.25) is 0 Å². The number of aliphatic imine (C=N–C) groups is 1. The zero-order chi connectivity index (χ0) is 28.6. The Balaban J connectivity index is 2.15. The van der Waals surface area contributed by atoms with E-state index in [9.17, 15) is 24.3 Å². The number of benzene rings is 2. The highest BCUT2D eigenvalue weighted by Crippen LogP contribution is 2.12. The topological polar surface area (TPSA) is 224 Å². The number of hydrogen-bond acceptors (Lipinski definition) is 8. The van der Waals surface area contributed by atoms with Crippen molar-refractivity contribution in [3.8, 4) is 5.75 Å². The van der Waals surface area contributed by atoms with Gasteiger partial charge in [-0.25, -0.2) is 4.79 Å². The van der Waals surface area contributed by atoms with Crippen LogP contribution >= 0.6 is 0 Å². The Morgan fingerprint density at radius 1 is 0.897 bits per heavy atom. The number of phenols is 1. The van der Waals surface area contributed by atoms with Crippen LogP contribution < -0.4 is 33.2 Å². The van der Waals surface area contributed by atoms with E-state index in [0.29, 0.717) is 12.0 Å². The maximum atomic E-state index is 13.3. The molecule has 0 heterocycles. The molecule has 0 aliphatic heterocycles. The Kier molecular flexibility index (Phi) is 12.7. The van der Waals surface area contributed by atoms with E-state index in [0.717, 1.165) is 5.56 Å². The minimum absolute atomic E-state index is 0.00839. The van der Waals surface area contributed by atoms with E-state index < -0.39 is 42.3 Å². The first-order chi connectivity index (χ1) is 18.7. The summed E-state index contributed by atoms with van der Waals surface area (Å²) in [6, 6.07) is 13.0. The summed E-state index contributed by atoms with van der Waals surface area (Å²) in [6.07, 6.45) is 0.578. The second kappa shape index (κ2) is 16.2. The van der Waals surface area contributed by atoms with E-state index in [1.54, 1.807) is 24.3 Å². The van der Waals surface area contributed by atoms with Crippen LogP contribution in [0.25, 0.3) is 0 Å². The Bertz CT molecular complexity index is 1120. The van der Waals surface area contributed by atoms with Crippen molar-refractivity contribution in [3.63, 3.8) is 0 Å². The van der Waals surface area contributed by atoms with Crippen molar-refractivity contribution in [1.29, 1.82) is 0 Å². The van der Waals surface area contributed by atoms with Crippen molar-refractivity contribution in [2.45, 2.75) is 38.0 Å². The largest absolute Gasteiger partial charge is 0.508 e. The van der Waals surface area contributed by atoms with Crippen molar-refractivity contribution in [2.75, 3.05) is 19.6 Å². The quantitative estimate of drug-likeness (QED) is 0.0620. The number of esters is 1. The van der Waals surface area contributed by atoms with Gasteiger partial charge in [0.1, 0.15) is 24.4 Å². The lowest BCUT2D eigenvalue weighted by Gasteiger charge is -2.23. The highest BCUT2D eigenvalue weighted by atomic mass is 16.5. The number of phenolic OH excluding ortho intramolecular Hbond substituents is 1. The van der Waals surface area contributed by atoms with E-state index in [1.165, 1.54) is 12.1 Å². The predicted octanol–water partition coefficient (Wildman–Crippen LogP) is -1.22. The van der Waals surface area contributed by atoms with Gasteiger partial charge in [-0.1, -0.05) is 42.5 Å². The van der Waals surface area contributed by atoms with Crippen LogP contribution in [0.3, 0.4) is 0 Å². The molecule has 2 rings (SSSR count). The van der Waals surface area contributed by atoms with E-state index in [2.05, 4.69) is 20.9 Å². The smallest absolute Gasteiger partial charge is 0.328 e. The molecule has 39 heavy (non-hydrogen) atoms. The zero-order valence-electron chi connectivity index (χ0n) is 21.5. The number of ether oxygens (including phenoxy) is 1. The maximum absolute atomic E-state index is 13.3. The molecule has 0 unspecified atom stereocenters. The summed E-state index contributed by atoms with van der Waals surface area (Å²) in [4.78, 5) is 54.0. The van der Waals surface area contributed by atoms with Crippen molar-refractivity contribution in [2.24, 2.45) is 22.2 Å². The first-order valence-electron chi connectivity index (χ1n) is 12.3. The average molecular weight is 542 g/mol. The molecule has 0 radical (unpaired) electrons. The van der Waals surface area contributed by atoms with Crippen LogP contribution in [0.1, 0.15) is 24.0 Å². The second-order valence-electron chi connectivity index (χ2n) is 8.57. The van der Waals surface area contributed by atoms with Crippen molar-refractivity contribution < 1.29 is 29.0 Å². The number of nitrogens with one attached hydrogen (secondary N) is 3. The van der Waals surface area contributed by atoms with Crippen LogP contribution in [0.5, 0.6) is 5.75 Å². The number of carbonyl (C=O) groups excluding carboxylic acids is 4. The predicted molar refractivity (Wildman–Crippen MR) is 144 cm³/mol. The van der Waals surface area contributed by atoms with Gasteiger partial charge >= 0.3 is 5.97 Å². The lowest BCUT2D eigenvalue weighted by atomic mass is 10.0. The molecule has 13 heteroatoms. The van der Waals surface area contributed by atoms with Gasteiger partial charge in [-0.3, -0.25) is 19.4 Å². The Morgan fingerprint density at radius 2 is 1.59 bits per heavy atom. The summed E-state index contributed by atoms with van der Waals surface area (Å²) in [5.41, 5.74) is 17.4. The molecule has 0 bridgehead atoms. The third-order valence-corrected chi connectivity index (χ3v) is 5.43. The van der Waals surface area contributed by atoms with E-state index in [4.69, 9.17) is 21.9 Å². The molecule has 0 saturated heterocycles. The molecule has 0 aliphatic rings. The molecule has 3 amide bonds. The van der Waals surface area contributed by atoms with Crippen LogP contribution in [-0.4, -0.2) is 66.5 Å². The van der Waals surface area contributed by atoms with E-state index >= 15 is 0 Å². The van der Waals surface area contributed by atoms with Crippen LogP contribution in [-0.2, 0) is 36.9 Å². The molecule has 10 N–H and O–H groups in total. The number of rotatable bonds is 15. The normalized spacial score (nSPS) is 11.9. The van der Waals surface area contributed by atoms with Gasteiger partial charge in [0.15, 0.2) is 5.96 Å². The Hall–Kier alpha value is -4.65. The van der Waals surface area contributed by atoms with Gasteiger partial charge in [0.25, 0.3) is 0 Å². The van der Waals surface area contributed by atoms with E-state index in [-0.39, 0.29) is 44.2 Å². The zero-order valence-corrected chi connectivity index (χ0v) is 21.5. The Labute approximate surface area is 226 Å². The molecular formula is C26H35N7O6. The fourth-order valence-corrected chi connectivity index (χ4v) is 3.43. The number of hydrogen-bond donors (Lipinski definition) is 7. The molecule has 2 aromatic rings. The SMILES string of the molecule is NCC(=O)NCC(=O)N[C@@H](Cc1ccc(O)cc1)C(=O)N[C@@H](CCCN=C(N)N)C(=O)OCc1ccccc1. The first-order valence-corrected chi connectivity index (χ1v) is 12.3. The summed E-state index contributed by atoms with van der Waals surface area (Å²) in [7, 11) is 0. The highest BCUT2D eigenvalue weighted by molar-refractivity contribution is 5.92. The third-order valence-electron chi connectivity index (χ3n) is 5.43. The summed E-state index contributed by atoms with van der Waals surface area (Å²) in [5.74, 6) is -2.54. The molecular weight excluding hydrogens is 506 g/mol. The highest BCUT2D eigenvalue weighted by Gasteiger charge is 2.28. The van der Waals surface area contributed by atoms with Gasteiger partial charge in [0.05, 0.1) is 13.1 Å². The Morgan fingerprint density at radius 3 is 2.23 bits per heavy atom. The van der Waals surface area contributed by atoms with E-state index in [1.807, 2.05) is 18.2 Å². The van der Waals surface area contributed by atoms with Gasteiger partial charge in [-0.15, -0.1) is 0 Å². The van der Waals surface area contributed by atoms with Gasteiger partial charge < -0.3 is 43.0 Å². The number of carbonyl (C=O) groups is 4. The summed E-state index contributed by atoms with van der Waals surface area (Å²) >= 11 is 0. The van der Waals surface area contributed by atoms with Crippen molar-refractivity contribution >= 4 is 29.7 Å². The molecule has 2 aromatic carbocycles. The number of nitrogens with two attached hydrogens (primary N) is 3. The monoisotopic (exact) mass is 541 g/mol. The molecule has 0 spiro atoms. The molecule has 0 saturated carbocycles. The minimum Gasteiger partial charge on any atom is -0.508 e. The molecule has 13 nitrogen and oxygen atoms in total. The van der Waals surface area contributed by atoms with Gasteiger partial charge in [0, 0.05) is 13.0 Å². The summed E-state index contributed by atoms with van der Waals surface area (Å²) < 4.78 is 5.43.